The molecule has 0 saturated carbocycles. The third-order valence-corrected chi connectivity index (χ3v) is 8.40. The Kier molecular flexibility index (Phi) is 6.37. The number of ether oxygens (including phenoxy) is 2. The number of aromatic nitrogens is 1. The van der Waals surface area contributed by atoms with Crippen LogP contribution in [0.15, 0.2) is 66.7 Å². The summed E-state index contributed by atoms with van der Waals surface area (Å²) >= 11 is 0. The lowest BCUT2D eigenvalue weighted by Gasteiger charge is -2.37. The quantitative estimate of drug-likeness (QED) is 0.311. The highest BCUT2D eigenvalue weighted by Gasteiger charge is 2.49. The Bertz CT molecular complexity index is 1730. The number of benzene rings is 3. The van der Waals surface area contributed by atoms with Gasteiger partial charge < -0.3 is 30.0 Å². The zero-order valence-electron chi connectivity index (χ0n) is 23.5. The number of H-pyrrole nitrogens is 1. The van der Waals surface area contributed by atoms with Crippen LogP contribution in [-0.2, 0) is 22.6 Å². The van der Waals surface area contributed by atoms with Gasteiger partial charge in [-0.15, -0.1) is 0 Å². The topological polar surface area (TPSA) is 113 Å². The number of nitrogens with zero attached hydrogens (tertiary/aromatic N) is 1. The van der Waals surface area contributed by atoms with E-state index in [2.05, 4.69) is 15.6 Å². The monoisotopic (exact) mass is 564 g/mol. The number of hydrogen-bond donors (Lipinski definition) is 3. The molecule has 3 aromatic carbocycles. The van der Waals surface area contributed by atoms with Crippen molar-refractivity contribution in [2.75, 3.05) is 6.79 Å². The first kappa shape index (κ1) is 26.1. The number of amides is 3. The number of carbonyl (C=O) groups excluding carboxylic acids is 3. The molecular weight excluding hydrogens is 532 g/mol. The van der Waals surface area contributed by atoms with Crippen LogP contribution in [0.4, 0.5) is 0 Å². The van der Waals surface area contributed by atoms with Crippen molar-refractivity contribution in [2.45, 2.75) is 51.4 Å². The molecule has 0 saturated heterocycles. The number of rotatable bonds is 7. The molecule has 4 aromatic rings. The van der Waals surface area contributed by atoms with E-state index in [-0.39, 0.29) is 37.0 Å². The molecule has 3 N–H and O–H groups in total. The highest BCUT2D eigenvalue weighted by molar-refractivity contribution is 6.04. The van der Waals surface area contributed by atoms with E-state index in [1.165, 1.54) is 0 Å². The minimum absolute atomic E-state index is 0.156. The summed E-state index contributed by atoms with van der Waals surface area (Å²) < 4.78 is 10.8. The first-order valence-corrected chi connectivity index (χ1v) is 14.4. The maximum atomic E-state index is 14.1. The van der Waals surface area contributed by atoms with Crippen LogP contribution in [-0.4, -0.2) is 46.5 Å². The van der Waals surface area contributed by atoms with Crippen molar-refractivity contribution in [1.82, 2.24) is 20.5 Å². The Hall–Kier alpha value is -4.79. The molecule has 0 spiro atoms. The van der Waals surface area contributed by atoms with Gasteiger partial charge >= 0.3 is 0 Å². The lowest BCUT2D eigenvalue weighted by atomic mass is 9.89. The molecule has 3 unspecified atom stereocenters. The van der Waals surface area contributed by atoms with Crippen LogP contribution in [0.2, 0.25) is 0 Å². The van der Waals surface area contributed by atoms with E-state index in [0.29, 0.717) is 29.9 Å². The fourth-order valence-corrected chi connectivity index (χ4v) is 6.47. The van der Waals surface area contributed by atoms with Crippen molar-refractivity contribution in [1.29, 1.82) is 0 Å². The van der Waals surface area contributed by atoms with E-state index < -0.39 is 18.1 Å². The predicted octanol–water partition coefficient (Wildman–Crippen LogP) is 4.21. The second-order valence-electron chi connectivity index (χ2n) is 11.6. The lowest BCUT2D eigenvalue weighted by Crippen LogP contribution is -2.56. The summed E-state index contributed by atoms with van der Waals surface area (Å²) in [5.74, 6) is 0.703. The molecule has 3 aliphatic heterocycles. The number of hydrogen-bond acceptors (Lipinski definition) is 5. The van der Waals surface area contributed by atoms with Gasteiger partial charge in [-0.3, -0.25) is 14.4 Å². The van der Waals surface area contributed by atoms with Crippen LogP contribution in [0.1, 0.15) is 59.1 Å². The van der Waals surface area contributed by atoms with Crippen molar-refractivity contribution in [3.8, 4) is 11.5 Å². The number of para-hydroxylation sites is 1. The number of carbonyl (C=O) groups is 3. The highest BCUT2D eigenvalue weighted by atomic mass is 16.7. The molecule has 214 valence electrons. The molecule has 0 fully saturated rings. The minimum Gasteiger partial charge on any atom is -0.454 e. The molecule has 3 atom stereocenters. The summed E-state index contributed by atoms with van der Waals surface area (Å²) in [6, 6.07) is 19.2. The van der Waals surface area contributed by atoms with E-state index in [1.807, 2.05) is 80.6 Å². The van der Waals surface area contributed by atoms with Crippen LogP contribution in [0.5, 0.6) is 11.5 Å². The average molecular weight is 565 g/mol. The third-order valence-electron chi connectivity index (χ3n) is 8.40. The van der Waals surface area contributed by atoms with Gasteiger partial charge in [0, 0.05) is 35.1 Å². The largest absolute Gasteiger partial charge is 0.454 e. The van der Waals surface area contributed by atoms with Crippen LogP contribution in [0.3, 0.4) is 0 Å². The SMILES string of the molecule is CC(C)CC(NC(=O)C1Cc2c([nH]c3ccccc23)C2c3ccccc3C(=O)N12)C(=O)NCc1ccc2c(c1)OCO2. The van der Waals surface area contributed by atoms with E-state index in [9.17, 15) is 14.4 Å². The second kappa shape index (κ2) is 10.2. The van der Waals surface area contributed by atoms with Crippen molar-refractivity contribution in [3.05, 3.63) is 94.7 Å². The van der Waals surface area contributed by atoms with Crippen molar-refractivity contribution in [2.24, 2.45) is 5.92 Å². The normalized spacial score (nSPS) is 18.9. The van der Waals surface area contributed by atoms with Crippen LogP contribution in [0, 0.1) is 5.92 Å². The van der Waals surface area contributed by atoms with E-state index in [4.69, 9.17) is 9.47 Å². The first-order valence-electron chi connectivity index (χ1n) is 14.4. The maximum Gasteiger partial charge on any atom is 0.255 e. The fourth-order valence-electron chi connectivity index (χ4n) is 6.47. The molecule has 0 radical (unpaired) electrons. The molecule has 1 aromatic heterocycles. The van der Waals surface area contributed by atoms with Crippen LogP contribution in [0.25, 0.3) is 10.9 Å². The van der Waals surface area contributed by atoms with E-state index in [1.54, 1.807) is 4.90 Å². The van der Waals surface area contributed by atoms with E-state index >= 15 is 0 Å². The number of fused-ring (bicyclic) bond motifs is 8. The molecule has 42 heavy (non-hydrogen) atoms. The lowest BCUT2D eigenvalue weighted by molar-refractivity contribution is -0.132. The Labute approximate surface area is 243 Å². The van der Waals surface area contributed by atoms with Gasteiger partial charge in [0.25, 0.3) is 5.91 Å². The van der Waals surface area contributed by atoms with Gasteiger partial charge in [-0.25, -0.2) is 0 Å². The zero-order chi connectivity index (χ0) is 29.0. The first-order chi connectivity index (χ1) is 20.4. The van der Waals surface area contributed by atoms with Crippen molar-refractivity contribution < 1.29 is 23.9 Å². The van der Waals surface area contributed by atoms with Gasteiger partial charge in [-0.2, -0.15) is 0 Å². The smallest absolute Gasteiger partial charge is 0.255 e. The van der Waals surface area contributed by atoms with Gasteiger partial charge in [-0.05, 0) is 53.3 Å². The summed E-state index contributed by atoms with van der Waals surface area (Å²) in [5.41, 5.74) is 5.30. The summed E-state index contributed by atoms with van der Waals surface area (Å²) in [4.78, 5) is 46.5. The van der Waals surface area contributed by atoms with E-state index in [0.717, 1.165) is 33.3 Å². The molecule has 7 rings (SSSR count). The summed E-state index contributed by atoms with van der Waals surface area (Å²) in [6.07, 6.45) is 0.815. The molecular formula is C33H32N4O5. The minimum atomic E-state index is -0.766. The summed E-state index contributed by atoms with van der Waals surface area (Å²) in [6.45, 7) is 4.49. The standard InChI is InChI=1S/C33H32N4O5/c1-18(2)13-25(31(38)34-16-19-11-12-27-28(14-19)42-17-41-27)36-32(39)26-15-23-20-7-5-6-10-24(20)35-29(23)30-21-8-3-4-9-22(21)33(40)37(26)30/h3-12,14,18,25-26,30,35H,13,15-17H2,1-2H3,(H,34,38)(H,36,39). The molecule has 0 bridgehead atoms. The highest BCUT2D eigenvalue weighted by Crippen LogP contribution is 2.46. The molecule has 9 nitrogen and oxygen atoms in total. The fraction of sp³-hybridized carbons (Fsp3) is 0.303. The molecule has 3 amide bonds. The third kappa shape index (κ3) is 4.36. The van der Waals surface area contributed by atoms with Gasteiger partial charge in [-0.1, -0.05) is 56.3 Å². The Balaban J connectivity index is 1.16. The molecule has 0 aliphatic carbocycles. The van der Waals surface area contributed by atoms with Gasteiger partial charge in [0.1, 0.15) is 12.1 Å². The average Bonchev–Trinajstić information content (AvgIpc) is 3.69. The van der Waals surface area contributed by atoms with Crippen LogP contribution < -0.4 is 20.1 Å². The van der Waals surface area contributed by atoms with Crippen molar-refractivity contribution >= 4 is 28.6 Å². The predicted molar refractivity (Wildman–Crippen MR) is 156 cm³/mol. The van der Waals surface area contributed by atoms with Crippen molar-refractivity contribution in [3.63, 3.8) is 0 Å². The van der Waals surface area contributed by atoms with Gasteiger partial charge in [0.05, 0.1) is 6.04 Å². The van der Waals surface area contributed by atoms with Gasteiger partial charge in [0.15, 0.2) is 11.5 Å². The van der Waals surface area contributed by atoms with Crippen LogP contribution >= 0.6 is 0 Å². The Morgan fingerprint density at radius 1 is 1.02 bits per heavy atom. The maximum absolute atomic E-state index is 14.1. The summed E-state index contributed by atoms with van der Waals surface area (Å²) in [7, 11) is 0. The Morgan fingerprint density at radius 2 is 1.81 bits per heavy atom. The number of nitrogens with one attached hydrogen (secondary N) is 3. The Morgan fingerprint density at radius 3 is 2.67 bits per heavy atom. The molecule has 3 aliphatic rings. The zero-order valence-corrected chi connectivity index (χ0v) is 23.5. The summed E-state index contributed by atoms with van der Waals surface area (Å²) in [5, 5.41) is 7.04. The molecule has 4 heterocycles. The number of aromatic amines is 1. The molecule has 9 heteroatoms. The second-order valence-corrected chi connectivity index (χ2v) is 11.6. The van der Waals surface area contributed by atoms with Gasteiger partial charge in [0.2, 0.25) is 18.6 Å².